The SMILES string of the molecule is CC1(C)c2ccccc2N(c2ccccc2)c2ccc(-c3ccc4c(c3)c3ccccc3n4-c3cccc(-n4c5ccccc5c5ccccc54)c3)cc21. The fourth-order valence-electron chi connectivity index (χ4n) is 9.14. The summed E-state index contributed by atoms with van der Waals surface area (Å²) >= 11 is 0. The van der Waals surface area contributed by atoms with Crippen molar-refractivity contribution in [2.75, 3.05) is 4.90 Å². The van der Waals surface area contributed by atoms with Gasteiger partial charge in [-0.15, -0.1) is 0 Å². The summed E-state index contributed by atoms with van der Waals surface area (Å²) in [5, 5.41) is 5.04. The van der Waals surface area contributed by atoms with Crippen LogP contribution in [0.15, 0.2) is 188 Å². The number of hydrogen-bond acceptors (Lipinski definition) is 1. The van der Waals surface area contributed by atoms with Crippen molar-refractivity contribution in [3.8, 4) is 22.5 Å². The minimum atomic E-state index is -0.172. The Labute approximate surface area is 314 Å². The lowest BCUT2D eigenvalue weighted by atomic mass is 9.73. The fraction of sp³-hybridized carbons (Fsp3) is 0.0588. The molecule has 0 radical (unpaired) electrons. The van der Waals surface area contributed by atoms with E-state index in [1.165, 1.54) is 82.9 Å². The van der Waals surface area contributed by atoms with Crippen LogP contribution in [0, 0.1) is 0 Å². The summed E-state index contributed by atoms with van der Waals surface area (Å²) in [4.78, 5) is 2.42. The Morgan fingerprint density at radius 3 is 1.48 bits per heavy atom. The van der Waals surface area contributed by atoms with Crippen molar-refractivity contribution in [2.45, 2.75) is 19.3 Å². The first-order chi connectivity index (χ1) is 26.6. The van der Waals surface area contributed by atoms with E-state index in [1.54, 1.807) is 0 Å². The standard InChI is InChI=1S/C51H37N3/c1-51(2)43-22-9-13-26-49(43)52(36-15-4-3-5-16-36)50-30-28-35(32-44(50)51)34-27-29-48-42(31-34)41-21-8-12-25-47(41)54(48)38-18-14-17-37(33-38)53-45-23-10-6-19-39(45)40-20-7-11-24-46(40)53/h3-33H,1-2H3. The van der Waals surface area contributed by atoms with Crippen LogP contribution >= 0.6 is 0 Å². The third-order valence-corrected chi connectivity index (χ3v) is 11.7. The lowest BCUT2D eigenvalue weighted by molar-refractivity contribution is 0.632. The molecule has 0 spiro atoms. The number of nitrogens with zero attached hydrogens (tertiary/aromatic N) is 3. The van der Waals surface area contributed by atoms with Gasteiger partial charge in [0, 0.05) is 44.0 Å². The molecule has 3 heteroatoms. The molecule has 8 aromatic carbocycles. The summed E-state index contributed by atoms with van der Waals surface area (Å²) in [5.74, 6) is 0. The van der Waals surface area contributed by atoms with Gasteiger partial charge < -0.3 is 14.0 Å². The van der Waals surface area contributed by atoms with E-state index < -0.39 is 0 Å². The van der Waals surface area contributed by atoms with E-state index in [4.69, 9.17) is 0 Å². The number of fused-ring (bicyclic) bond motifs is 8. The Hall–Kier alpha value is -6.84. The maximum Gasteiger partial charge on any atom is 0.0541 e. The molecule has 256 valence electrons. The van der Waals surface area contributed by atoms with Crippen LogP contribution in [0.5, 0.6) is 0 Å². The molecule has 11 rings (SSSR count). The zero-order valence-electron chi connectivity index (χ0n) is 30.2. The second kappa shape index (κ2) is 11.6. The zero-order valence-corrected chi connectivity index (χ0v) is 30.2. The highest BCUT2D eigenvalue weighted by molar-refractivity contribution is 6.11. The predicted octanol–water partition coefficient (Wildman–Crippen LogP) is 13.7. The molecule has 0 saturated carbocycles. The Bertz CT molecular complexity index is 3030. The summed E-state index contributed by atoms with van der Waals surface area (Å²) in [7, 11) is 0. The molecule has 1 aliphatic rings. The zero-order chi connectivity index (χ0) is 36.0. The third kappa shape index (κ3) is 4.42. The minimum Gasteiger partial charge on any atom is -0.310 e. The number of aromatic nitrogens is 2. The van der Waals surface area contributed by atoms with Crippen molar-refractivity contribution in [2.24, 2.45) is 0 Å². The minimum absolute atomic E-state index is 0.172. The van der Waals surface area contributed by atoms with E-state index in [2.05, 4.69) is 216 Å². The molecule has 10 aromatic rings. The fourth-order valence-corrected chi connectivity index (χ4v) is 9.14. The van der Waals surface area contributed by atoms with Gasteiger partial charge in [-0.1, -0.05) is 123 Å². The smallest absolute Gasteiger partial charge is 0.0541 e. The lowest BCUT2D eigenvalue weighted by Gasteiger charge is -2.42. The molecular weight excluding hydrogens is 655 g/mol. The topological polar surface area (TPSA) is 13.1 Å². The molecule has 0 fully saturated rings. The van der Waals surface area contributed by atoms with Crippen LogP contribution < -0.4 is 4.90 Å². The molecule has 0 saturated heterocycles. The largest absolute Gasteiger partial charge is 0.310 e. The lowest BCUT2D eigenvalue weighted by Crippen LogP contribution is -2.30. The van der Waals surface area contributed by atoms with E-state index >= 15 is 0 Å². The van der Waals surface area contributed by atoms with Gasteiger partial charge in [-0.2, -0.15) is 0 Å². The Morgan fingerprint density at radius 2 is 0.815 bits per heavy atom. The highest BCUT2D eigenvalue weighted by atomic mass is 15.2. The van der Waals surface area contributed by atoms with Crippen molar-refractivity contribution >= 4 is 60.7 Å². The second-order valence-corrected chi connectivity index (χ2v) is 15.0. The van der Waals surface area contributed by atoms with E-state index in [-0.39, 0.29) is 5.41 Å². The molecule has 0 atom stereocenters. The van der Waals surface area contributed by atoms with Crippen LogP contribution in [-0.4, -0.2) is 9.13 Å². The highest BCUT2D eigenvalue weighted by Gasteiger charge is 2.37. The van der Waals surface area contributed by atoms with Crippen molar-refractivity contribution in [3.63, 3.8) is 0 Å². The van der Waals surface area contributed by atoms with Crippen LogP contribution in [-0.2, 0) is 5.41 Å². The van der Waals surface area contributed by atoms with Crippen LogP contribution in [0.4, 0.5) is 17.1 Å². The number of anilines is 3. The summed E-state index contributed by atoms with van der Waals surface area (Å²) in [5.41, 5.74) is 15.7. The van der Waals surface area contributed by atoms with Gasteiger partial charge in [0.05, 0.1) is 33.4 Å². The summed E-state index contributed by atoms with van der Waals surface area (Å²) in [6, 6.07) is 68.9. The Kier molecular flexibility index (Phi) is 6.60. The van der Waals surface area contributed by atoms with E-state index in [9.17, 15) is 0 Å². The molecule has 54 heavy (non-hydrogen) atoms. The van der Waals surface area contributed by atoms with Gasteiger partial charge in [-0.3, -0.25) is 0 Å². The first-order valence-electron chi connectivity index (χ1n) is 18.8. The van der Waals surface area contributed by atoms with Crippen LogP contribution in [0.3, 0.4) is 0 Å². The number of para-hydroxylation sites is 5. The predicted molar refractivity (Wildman–Crippen MR) is 227 cm³/mol. The van der Waals surface area contributed by atoms with Crippen molar-refractivity contribution in [1.29, 1.82) is 0 Å². The van der Waals surface area contributed by atoms with Crippen molar-refractivity contribution in [3.05, 3.63) is 199 Å². The first-order valence-corrected chi connectivity index (χ1v) is 18.8. The maximum absolute atomic E-state index is 2.43. The monoisotopic (exact) mass is 691 g/mol. The Morgan fingerprint density at radius 1 is 0.333 bits per heavy atom. The Balaban J connectivity index is 1.07. The van der Waals surface area contributed by atoms with Gasteiger partial charge in [0.15, 0.2) is 0 Å². The maximum atomic E-state index is 2.43. The summed E-state index contributed by atoms with van der Waals surface area (Å²) in [6.07, 6.45) is 0. The molecule has 0 aliphatic carbocycles. The molecule has 0 unspecified atom stereocenters. The normalized spacial score (nSPS) is 13.5. The molecule has 3 nitrogen and oxygen atoms in total. The summed E-state index contributed by atoms with van der Waals surface area (Å²) in [6.45, 7) is 4.72. The molecule has 0 amide bonds. The third-order valence-electron chi connectivity index (χ3n) is 11.7. The van der Waals surface area contributed by atoms with Crippen molar-refractivity contribution < 1.29 is 0 Å². The number of rotatable bonds is 4. The van der Waals surface area contributed by atoms with E-state index in [1.807, 2.05) is 0 Å². The molecule has 3 heterocycles. The first kappa shape index (κ1) is 30.8. The highest BCUT2D eigenvalue weighted by Crippen LogP contribution is 2.52. The van der Waals surface area contributed by atoms with Gasteiger partial charge >= 0.3 is 0 Å². The van der Waals surface area contributed by atoms with Crippen LogP contribution in [0.25, 0.3) is 66.1 Å². The molecule has 2 aromatic heterocycles. The van der Waals surface area contributed by atoms with E-state index in [0.29, 0.717) is 0 Å². The molecule has 1 aliphatic heterocycles. The van der Waals surface area contributed by atoms with Crippen LogP contribution in [0.1, 0.15) is 25.0 Å². The number of hydrogen-bond donors (Lipinski definition) is 0. The van der Waals surface area contributed by atoms with Gasteiger partial charge in [0.2, 0.25) is 0 Å². The molecule has 0 bridgehead atoms. The average molecular weight is 692 g/mol. The average Bonchev–Trinajstić information content (AvgIpc) is 3.74. The molecular formula is C51H37N3. The second-order valence-electron chi connectivity index (χ2n) is 15.0. The number of benzene rings is 8. The van der Waals surface area contributed by atoms with Gasteiger partial charge in [-0.05, 0) is 101 Å². The van der Waals surface area contributed by atoms with Gasteiger partial charge in [-0.25, -0.2) is 0 Å². The van der Waals surface area contributed by atoms with E-state index in [0.717, 1.165) is 11.4 Å². The molecule has 0 N–H and O–H groups in total. The van der Waals surface area contributed by atoms with Gasteiger partial charge in [0.25, 0.3) is 0 Å². The van der Waals surface area contributed by atoms with Crippen molar-refractivity contribution in [1.82, 2.24) is 9.13 Å². The quantitative estimate of drug-likeness (QED) is 0.179. The van der Waals surface area contributed by atoms with Crippen LogP contribution in [0.2, 0.25) is 0 Å². The van der Waals surface area contributed by atoms with Gasteiger partial charge in [0.1, 0.15) is 0 Å². The summed E-state index contributed by atoms with van der Waals surface area (Å²) < 4.78 is 4.82.